The molecule has 194 valence electrons. The Bertz CT molecular complexity index is 1390. The third-order valence-corrected chi connectivity index (χ3v) is 7.53. The van der Waals surface area contributed by atoms with E-state index >= 15 is 0 Å². The Kier molecular flexibility index (Phi) is 7.76. The quantitative estimate of drug-likeness (QED) is 0.345. The van der Waals surface area contributed by atoms with Gasteiger partial charge in [0.05, 0.1) is 18.7 Å². The highest BCUT2D eigenvalue weighted by Gasteiger charge is 2.27. The van der Waals surface area contributed by atoms with Gasteiger partial charge in [-0.05, 0) is 90.2 Å². The number of tetrazole rings is 1. The Morgan fingerprint density at radius 1 is 1.16 bits per heavy atom. The maximum Gasteiger partial charge on any atom is 0.252 e. The minimum Gasteiger partial charge on any atom is -0.376 e. The summed E-state index contributed by atoms with van der Waals surface area (Å²) in [5.74, 6) is 0.828. The number of benzene rings is 2. The van der Waals surface area contributed by atoms with Crippen LogP contribution in [0.1, 0.15) is 60.3 Å². The molecule has 1 aliphatic rings. The molecule has 1 fully saturated rings. The number of aromatic amines is 1. The number of H-pyrrole nitrogens is 1. The number of nitrogens with zero attached hydrogens (tertiary/aromatic N) is 5. The molecule has 37 heavy (non-hydrogen) atoms. The van der Waals surface area contributed by atoms with E-state index in [0.717, 1.165) is 61.1 Å². The molecular formula is C29H36N6O2. The van der Waals surface area contributed by atoms with Gasteiger partial charge in [0.15, 0.2) is 5.82 Å². The monoisotopic (exact) mass is 500 g/mol. The first-order valence-electron chi connectivity index (χ1n) is 13.3. The van der Waals surface area contributed by atoms with Crippen molar-refractivity contribution in [3.8, 4) is 0 Å². The number of pyridine rings is 1. The molecule has 1 saturated heterocycles. The lowest BCUT2D eigenvalue weighted by Crippen LogP contribution is -2.34. The highest BCUT2D eigenvalue weighted by atomic mass is 16.5. The summed E-state index contributed by atoms with van der Waals surface area (Å²) in [6.45, 7) is 9.07. The summed E-state index contributed by atoms with van der Waals surface area (Å²) in [5.41, 5.74) is 5.23. The molecular weight excluding hydrogens is 464 g/mol. The summed E-state index contributed by atoms with van der Waals surface area (Å²) in [7, 11) is 0. The molecule has 8 nitrogen and oxygen atoms in total. The fraction of sp³-hybridized carbons (Fsp3) is 0.448. The van der Waals surface area contributed by atoms with Crippen LogP contribution in [0.3, 0.4) is 0 Å². The van der Waals surface area contributed by atoms with E-state index in [2.05, 4.69) is 82.6 Å². The maximum absolute atomic E-state index is 13.2. The lowest BCUT2D eigenvalue weighted by molar-refractivity contribution is 0.0893. The first kappa shape index (κ1) is 25.3. The molecule has 0 spiro atoms. The van der Waals surface area contributed by atoms with Crippen LogP contribution >= 0.6 is 0 Å². The van der Waals surface area contributed by atoms with Gasteiger partial charge in [0.2, 0.25) is 0 Å². The van der Waals surface area contributed by atoms with E-state index in [4.69, 9.17) is 4.74 Å². The Balaban J connectivity index is 1.47. The molecule has 3 heterocycles. The van der Waals surface area contributed by atoms with Gasteiger partial charge in [-0.1, -0.05) is 37.3 Å². The van der Waals surface area contributed by atoms with Gasteiger partial charge in [-0.15, -0.1) is 5.10 Å². The summed E-state index contributed by atoms with van der Waals surface area (Å²) in [4.78, 5) is 18.7. The normalized spacial score (nSPS) is 16.6. The van der Waals surface area contributed by atoms with Gasteiger partial charge >= 0.3 is 0 Å². The predicted octanol–water partition coefficient (Wildman–Crippen LogP) is 4.51. The van der Waals surface area contributed by atoms with Crippen molar-refractivity contribution in [2.45, 2.75) is 71.7 Å². The average molecular weight is 501 g/mol. The highest BCUT2D eigenvalue weighted by Crippen LogP contribution is 2.26. The van der Waals surface area contributed by atoms with Crippen LogP contribution < -0.4 is 5.56 Å². The number of aromatic nitrogens is 5. The van der Waals surface area contributed by atoms with Crippen molar-refractivity contribution in [1.82, 2.24) is 30.1 Å². The molecule has 5 rings (SSSR count). The van der Waals surface area contributed by atoms with Gasteiger partial charge in [0.25, 0.3) is 5.56 Å². The Hall–Kier alpha value is -3.36. The number of hydrogen-bond donors (Lipinski definition) is 1. The second kappa shape index (κ2) is 11.4. The van der Waals surface area contributed by atoms with E-state index < -0.39 is 0 Å². The number of hydrogen-bond acceptors (Lipinski definition) is 6. The van der Waals surface area contributed by atoms with Crippen molar-refractivity contribution < 1.29 is 4.74 Å². The predicted molar refractivity (Wildman–Crippen MR) is 144 cm³/mol. The highest BCUT2D eigenvalue weighted by molar-refractivity contribution is 5.80. The molecule has 2 atom stereocenters. The van der Waals surface area contributed by atoms with E-state index in [1.807, 2.05) is 16.8 Å². The van der Waals surface area contributed by atoms with E-state index in [1.54, 1.807) is 0 Å². The van der Waals surface area contributed by atoms with Crippen LogP contribution in [0, 0.1) is 13.8 Å². The molecule has 2 aromatic carbocycles. The molecule has 0 bridgehead atoms. The standard InChI is InChI=1S/C29H36N6O2/c1-4-27(28-31-32-33-35(28)19-25-11-8-14-37-25)34(13-12-22-9-6-5-7-10-22)18-24-17-23-15-20(2)21(3)16-26(23)30-29(24)36/h5-7,9-10,15-17,25,27H,4,8,11-14,18-19H2,1-3H3,(H,30,36)/t25-,27+/m1/s1. The van der Waals surface area contributed by atoms with Crippen LogP contribution in [0.4, 0.5) is 0 Å². The van der Waals surface area contributed by atoms with Crippen molar-refractivity contribution >= 4 is 10.9 Å². The number of nitrogens with one attached hydrogen (secondary N) is 1. The molecule has 1 N–H and O–H groups in total. The Labute approximate surface area is 217 Å². The summed E-state index contributed by atoms with van der Waals surface area (Å²) < 4.78 is 7.75. The van der Waals surface area contributed by atoms with Crippen molar-refractivity contribution in [3.63, 3.8) is 0 Å². The van der Waals surface area contributed by atoms with E-state index in [0.29, 0.717) is 13.1 Å². The van der Waals surface area contributed by atoms with Crippen LogP contribution in [0.5, 0.6) is 0 Å². The van der Waals surface area contributed by atoms with Crippen LogP contribution in [0.25, 0.3) is 10.9 Å². The molecule has 0 saturated carbocycles. The fourth-order valence-corrected chi connectivity index (χ4v) is 5.29. The van der Waals surface area contributed by atoms with E-state index in [9.17, 15) is 4.79 Å². The topological polar surface area (TPSA) is 88.9 Å². The largest absolute Gasteiger partial charge is 0.376 e. The lowest BCUT2D eigenvalue weighted by atomic mass is 10.0. The summed E-state index contributed by atoms with van der Waals surface area (Å²) in [6.07, 6.45) is 3.94. The van der Waals surface area contributed by atoms with Gasteiger partial charge in [-0.2, -0.15) is 0 Å². The van der Waals surface area contributed by atoms with Crippen molar-refractivity contribution in [2.75, 3.05) is 13.2 Å². The zero-order valence-electron chi connectivity index (χ0n) is 22.0. The summed E-state index contributed by atoms with van der Waals surface area (Å²) in [6, 6.07) is 16.7. The lowest BCUT2D eigenvalue weighted by Gasteiger charge is -2.30. The van der Waals surface area contributed by atoms with Gasteiger partial charge in [-0.3, -0.25) is 9.69 Å². The van der Waals surface area contributed by atoms with Crippen molar-refractivity contribution in [2.24, 2.45) is 0 Å². The molecule has 0 amide bonds. The molecule has 8 heteroatoms. The molecule has 2 aromatic heterocycles. The number of ether oxygens (including phenoxy) is 1. The number of aryl methyl sites for hydroxylation is 2. The molecule has 0 radical (unpaired) electrons. The van der Waals surface area contributed by atoms with Gasteiger partial charge in [0, 0.05) is 30.8 Å². The SMILES string of the molecule is CC[C@@H](c1nnnn1C[C@H]1CCCO1)N(CCc1ccccc1)Cc1cc2cc(C)c(C)cc2[nH]c1=O. The Morgan fingerprint density at radius 3 is 2.73 bits per heavy atom. The van der Waals surface area contributed by atoms with Gasteiger partial charge < -0.3 is 9.72 Å². The van der Waals surface area contributed by atoms with Crippen LogP contribution in [0.2, 0.25) is 0 Å². The molecule has 4 aromatic rings. The second-order valence-electron chi connectivity index (χ2n) is 10.1. The smallest absolute Gasteiger partial charge is 0.252 e. The van der Waals surface area contributed by atoms with E-state index in [1.165, 1.54) is 16.7 Å². The van der Waals surface area contributed by atoms with Gasteiger partial charge in [0.1, 0.15) is 0 Å². The average Bonchev–Trinajstić information content (AvgIpc) is 3.58. The minimum atomic E-state index is -0.0470. The summed E-state index contributed by atoms with van der Waals surface area (Å²) >= 11 is 0. The van der Waals surface area contributed by atoms with Gasteiger partial charge in [-0.25, -0.2) is 4.68 Å². The third kappa shape index (κ3) is 5.81. The maximum atomic E-state index is 13.2. The first-order chi connectivity index (χ1) is 18.0. The second-order valence-corrected chi connectivity index (χ2v) is 10.1. The number of fused-ring (bicyclic) bond motifs is 1. The molecule has 0 aliphatic carbocycles. The molecule has 0 unspecified atom stereocenters. The van der Waals surface area contributed by atoms with Crippen molar-refractivity contribution in [1.29, 1.82) is 0 Å². The minimum absolute atomic E-state index is 0.0324. The van der Waals surface area contributed by atoms with E-state index in [-0.39, 0.29) is 17.7 Å². The Morgan fingerprint density at radius 2 is 1.97 bits per heavy atom. The zero-order valence-corrected chi connectivity index (χ0v) is 22.0. The van der Waals surface area contributed by atoms with Crippen LogP contribution in [0.15, 0.2) is 53.3 Å². The zero-order chi connectivity index (χ0) is 25.8. The van der Waals surface area contributed by atoms with Crippen LogP contribution in [-0.2, 0) is 24.2 Å². The summed E-state index contributed by atoms with van der Waals surface area (Å²) in [5, 5.41) is 13.9. The first-order valence-corrected chi connectivity index (χ1v) is 13.3. The van der Waals surface area contributed by atoms with Crippen molar-refractivity contribution in [3.05, 3.63) is 87.0 Å². The van der Waals surface area contributed by atoms with Crippen LogP contribution in [-0.4, -0.2) is 49.3 Å². The third-order valence-electron chi connectivity index (χ3n) is 7.53. The number of rotatable bonds is 10. The molecule has 1 aliphatic heterocycles. The fourth-order valence-electron chi connectivity index (χ4n) is 5.29.